The molecule has 0 bridgehead atoms. The predicted molar refractivity (Wildman–Crippen MR) is 238 cm³/mol. The monoisotopic (exact) mass is 749 g/mol. The Morgan fingerprint density at radius 1 is 0.250 bits per heavy atom. The molecule has 0 amide bonds. The fourth-order valence-electron chi connectivity index (χ4n) is 7.78. The van der Waals surface area contributed by atoms with Gasteiger partial charge in [-0.3, -0.25) is 0 Å². The van der Waals surface area contributed by atoms with E-state index in [0.717, 1.165) is 27.8 Å². The van der Waals surface area contributed by atoms with Crippen LogP contribution >= 0.6 is 22.7 Å². The van der Waals surface area contributed by atoms with E-state index in [1.54, 1.807) is 0 Å². The second kappa shape index (κ2) is 13.5. The maximum Gasteiger partial charge on any atom is 0.164 e. The van der Waals surface area contributed by atoms with Crippen LogP contribution in [0.25, 0.3) is 108 Å². The molecule has 56 heavy (non-hydrogen) atoms. The summed E-state index contributed by atoms with van der Waals surface area (Å²) in [6, 6.07) is 66.9. The van der Waals surface area contributed by atoms with Gasteiger partial charge in [0.15, 0.2) is 17.5 Å². The van der Waals surface area contributed by atoms with Gasteiger partial charge in [-0.1, -0.05) is 152 Å². The van der Waals surface area contributed by atoms with Gasteiger partial charge in [0.1, 0.15) is 0 Å². The minimum absolute atomic E-state index is 0.651. The summed E-state index contributed by atoms with van der Waals surface area (Å²) in [4.78, 5) is 15.2. The summed E-state index contributed by atoms with van der Waals surface area (Å²) < 4.78 is 5.10. The van der Waals surface area contributed by atoms with Crippen LogP contribution in [0.4, 0.5) is 0 Å². The first-order valence-electron chi connectivity index (χ1n) is 18.7. The van der Waals surface area contributed by atoms with E-state index in [-0.39, 0.29) is 0 Å². The van der Waals surface area contributed by atoms with E-state index in [1.165, 1.54) is 62.6 Å². The minimum atomic E-state index is 0.651. The Kier molecular flexibility index (Phi) is 7.87. The van der Waals surface area contributed by atoms with Gasteiger partial charge in [0.2, 0.25) is 0 Å². The number of fused-ring (bicyclic) bond motifs is 6. The number of aromatic nitrogens is 3. The molecule has 0 unspecified atom stereocenters. The highest BCUT2D eigenvalue weighted by Gasteiger charge is 2.16. The van der Waals surface area contributed by atoms with Gasteiger partial charge in [0.05, 0.1) is 0 Å². The standard InChI is InChI=1S/C51H31N3S2/c1-3-12-32(13-4-1)34-16-11-17-37(28-34)50-52-49(33-14-5-2-6-15-33)53-51(54-50)38-23-26-43-42-25-22-36(30-47(42)56-48(43)31-38)40-19-8-7-18-39(40)35-24-27-46-44(29-35)41-20-9-10-21-45(41)55-46/h1-31H. The second-order valence-corrected chi connectivity index (χ2v) is 16.2. The Bertz CT molecular complexity index is 3250. The van der Waals surface area contributed by atoms with Crippen molar-refractivity contribution in [2.75, 3.05) is 0 Å². The summed E-state index contributed by atoms with van der Waals surface area (Å²) in [6.07, 6.45) is 0. The molecule has 3 aromatic heterocycles. The molecular formula is C51H31N3S2. The molecule has 0 spiro atoms. The van der Waals surface area contributed by atoms with Gasteiger partial charge in [0, 0.05) is 57.0 Å². The normalized spacial score (nSPS) is 11.6. The number of hydrogen-bond donors (Lipinski definition) is 0. The van der Waals surface area contributed by atoms with Crippen molar-refractivity contribution in [3.05, 3.63) is 188 Å². The van der Waals surface area contributed by atoms with Crippen molar-refractivity contribution in [1.29, 1.82) is 0 Å². The Balaban J connectivity index is 0.996. The molecule has 3 nitrogen and oxygen atoms in total. The van der Waals surface area contributed by atoms with Crippen LogP contribution in [-0.4, -0.2) is 15.0 Å². The lowest BCUT2D eigenvalue weighted by molar-refractivity contribution is 1.07. The average molecular weight is 750 g/mol. The van der Waals surface area contributed by atoms with Gasteiger partial charge >= 0.3 is 0 Å². The van der Waals surface area contributed by atoms with Gasteiger partial charge < -0.3 is 0 Å². The summed E-state index contributed by atoms with van der Waals surface area (Å²) >= 11 is 3.67. The van der Waals surface area contributed by atoms with E-state index in [0.29, 0.717) is 17.5 Å². The highest BCUT2D eigenvalue weighted by Crippen LogP contribution is 2.42. The minimum Gasteiger partial charge on any atom is -0.208 e. The molecular weight excluding hydrogens is 719 g/mol. The zero-order valence-electron chi connectivity index (χ0n) is 30.1. The van der Waals surface area contributed by atoms with Crippen molar-refractivity contribution in [2.45, 2.75) is 0 Å². The molecule has 0 aliphatic carbocycles. The fourth-order valence-corrected chi connectivity index (χ4v) is 10.1. The number of rotatable bonds is 6. The van der Waals surface area contributed by atoms with Crippen LogP contribution in [0.5, 0.6) is 0 Å². The lowest BCUT2D eigenvalue weighted by Gasteiger charge is -2.11. The van der Waals surface area contributed by atoms with Crippen LogP contribution in [0.2, 0.25) is 0 Å². The second-order valence-electron chi connectivity index (χ2n) is 14.0. The van der Waals surface area contributed by atoms with Crippen LogP contribution in [-0.2, 0) is 0 Å². The first kappa shape index (κ1) is 32.6. The van der Waals surface area contributed by atoms with E-state index in [9.17, 15) is 0 Å². The predicted octanol–water partition coefficient (Wildman–Crippen LogP) is 14.6. The quantitative estimate of drug-likeness (QED) is 0.170. The maximum atomic E-state index is 5.10. The Morgan fingerprint density at radius 2 is 0.714 bits per heavy atom. The summed E-state index contributed by atoms with van der Waals surface area (Å²) in [5.74, 6) is 1.96. The third-order valence-corrected chi connectivity index (χ3v) is 12.8. The molecule has 262 valence electrons. The smallest absolute Gasteiger partial charge is 0.164 e. The molecule has 0 fully saturated rings. The first-order chi connectivity index (χ1) is 27.7. The van der Waals surface area contributed by atoms with Crippen LogP contribution in [0.3, 0.4) is 0 Å². The lowest BCUT2D eigenvalue weighted by Crippen LogP contribution is -2.00. The van der Waals surface area contributed by atoms with Gasteiger partial charge in [-0.2, -0.15) is 0 Å². The third kappa shape index (κ3) is 5.77. The zero-order chi connectivity index (χ0) is 37.0. The molecule has 5 heteroatoms. The molecule has 0 atom stereocenters. The van der Waals surface area contributed by atoms with Gasteiger partial charge in [-0.25, -0.2) is 15.0 Å². The molecule has 0 aliphatic heterocycles. The lowest BCUT2D eigenvalue weighted by atomic mass is 9.93. The van der Waals surface area contributed by atoms with Crippen molar-refractivity contribution in [3.63, 3.8) is 0 Å². The number of hydrogen-bond acceptors (Lipinski definition) is 5. The summed E-state index contributed by atoms with van der Waals surface area (Å²) in [5, 5.41) is 5.12. The van der Waals surface area contributed by atoms with Crippen molar-refractivity contribution >= 4 is 63.0 Å². The summed E-state index contributed by atoms with van der Waals surface area (Å²) in [7, 11) is 0. The summed E-state index contributed by atoms with van der Waals surface area (Å²) in [6.45, 7) is 0. The molecule has 11 rings (SSSR count). The van der Waals surface area contributed by atoms with Gasteiger partial charge in [0.25, 0.3) is 0 Å². The third-order valence-electron chi connectivity index (χ3n) is 10.6. The molecule has 0 saturated heterocycles. The highest BCUT2D eigenvalue weighted by molar-refractivity contribution is 7.26. The van der Waals surface area contributed by atoms with Crippen LogP contribution < -0.4 is 0 Å². The van der Waals surface area contributed by atoms with Crippen LogP contribution in [0.15, 0.2) is 188 Å². The SMILES string of the molecule is c1ccc(-c2cccc(-c3nc(-c4ccccc4)nc(-c4ccc5c(c4)sc4cc(-c6ccccc6-c6ccc7sc8ccccc8c7c6)ccc45)n3)c2)cc1. The fraction of sp³-hybridized carbons (Fsp3) is 0. The zero-order valence-corrected chi connectivity index (χ0v) is 31.7. The molecule has 0 aliphatic rings. The van der Waals surface area contributed by atoms with Crippen LogP contribution in [0.1, 0.15) is 0 Å². The number of thiophene rings is 2. The Labute approximate surface area is 331 Å². The van der Waals surface area contributed by atoms with E-state index >= 15 is 0 Å². The van der Waals surface area contributed by atoms with Crippen molar-refractivity contribution in [2.24, 2.45) is 0 Å². The van der Waals surface area contributed by atoms with E-state index in [2.05, 4.69) is 164 Å². The van der Waals surface area contributed by atoms with Crippen LogP contribution in [0, 0.1) is 0 Å². The van der Waals surface area contributed by atoms with E-state index < -0.39 is 0 Å². The maximum absolute atomic E-state index is 5.10. The molecule has 8 aromatic carbocycles. The molecule has 0 saturated carbocycles. The molecule has 11 aromatic rings. The van der Waals surface area contributed by atoms with Crippen molar-refractivity contribution < 1.29 is 0 Å². The van der Waals surface area contributed by atoms with Gasteiger partial charge in [-0.15, -0.1) is 22.7 Å². The van der Waals surface area contributed by atoms with E-state index in [1.807, 2.05) is 46.9 Å². The largest absolute Gasteiger partial charge is 0.208 e. The summed E-state index contributed by atoms with van der Waals surface area (Å²) in [5.41, 5.74) is 10.1. The molecule has 0 radical (unpaired) electrons. The first-order valence-corrected chi connectivity index (χ1v) is 20.3. The molecule has 3 heterocycles. The topological polar surface area (TPSA) is 38.7 Å². The van der Waals surface area contributed by atoms with Crippen molar-refractivity contribution in [1.82, 2.24) is 15.0 Å². The number of nitrogens with zero attached hydrogens (tertiary/aromatic N) is 3. The number of benzene rings is 8. The Morgan fingerprint density at radius 3 is 1.45 bits per heavy atom. The Hall–Kier alpha value is -6.79. The van der Waals surface area contributed by atoms with Crippen molar-refractivity contribution in [3.8, 4) is 67.5 Å². The molecule has 0 N–H and O–H groups in total. The average Bonchev–Trinajstić information content (AvgIpc) is 3.84. The van der Waals surface area contributed by atoms with E-state index in [4.69, 9.17) is 15.0 Å². The van der Waals surface area contributed by atoms with Gasteiger partial charge in [-0.05, 0) is 69.8 Å². The highest BCUT2D eigenvalue weighted by atomic mass is 32.1.